The van der Waals surface area contributed by atoms with Gasteiger partial charge in [0.2, 0.25) is 0 Å². The molecule has 1 aliphatic carbocycles. The number of halogens is 1. The van der Waals surface area contributed by atoms with E-state index >= 15 is 0 Å². The Bertz CT molecular complexity index is 549. The number of carbonyl (C=O) groups excluding carboxylic acids is 1. The molecule has 0 atom stereocenters. The molecule has 0 aromatic heterocycles. The Labute approximate surface area is 144 Å². The molecular weight excluding hydrogens is 307 g/mol. The fourth-order valence-electron chi connectivity index (χ4n) is 3.05. The van der Waals surface area contributed by atoms with Crippen molar-refractivity contribution >= 4 is 6.09 Å². The van der Waals surface area contributed by atoms with Gasteiger partial charge in [-0.25, -0.2) is 9.18 Å². The first-order valence-corrected chi connectivity index (χ1v) is 8.69. The van der Waals surface area contributed by atoms with Crippen LogP contribution < -0.4 is 5.32 Å². The van der Waals surface area contributed by atoms with Gasteiger partial charge in [-0.05, 0) is 52.5 Å². The molecule has 1 amide bonds. The van der Waals surface area contributed by atoms with Crippen molar-refractivity contribution in [2.75, 3.05) is 7.05 Å². The summed E-state index contributed by atoms with van der Waals surface area (Å²) < 4.78 is 19.1. The van der Waals surface area contributed by atoms with Crippen molar-refractivity contribution in [3.63, 3.8) is 0 Å². The molecule has 134 valence electrons. The summed E-state index contributed by atoms with van der Waals surface area (Å²) in [4.78, 5) is 13.9. The van der Waals surface area contributed by atoms with Gasteiger partial charge in [0, 0.05) is 31.2 Å². The van der Waals surface area contributed by atoms with Crippen molar-refractivity contribution in [1.82, 2.24) is 10.2 Å². The third kappa shape index (κ3) is 5.48. The van der Waals surface area contributed by atoms with Gasteiger partial charge in [0.15, 0.2) is 0 Å². The molecule has 0 unspecified atom stereocenters. The number of hydrogen-bond acceptors (Lipinski definition) is 3. The van der Waals surface area contributed by atoms with E-state index in [0.29, 0.717) is 18.2 Å². The molecule has 24 heavy (non-hydrogen) atoms. The van der Waals surface area contributed by atoms with Crippen molar-refractivity contribution in [1.29, 1.82) is 0 Å². The Morgan fingerprint density at radius 2 is 1.88 bits per heavy atom. The van der Waals surface area contributed by atoms with Gasteiger partial charge in [-0.1, -0.05) is 18.2 Å². The number of hydrogen-bond donors (Lipinski definition) is 1. The zero-order valence-corrected chi connectivity index (χ0v) is 15.1. The fraction of sp³-hybridized carbons (Fsp3) is 0.632. The van der Waals surface area contributed by atoms with Crippen LogP contribution in [0.15, 0.2) is 24.3 Å². The summed E-state index contributed by atoms with van der Waals surface area (Å²) in [5.74, 6) is -0.164. The molecule has 1 aliphatic rings. The van der Waals surface area contributed by atoms with E-state index in [1.807, 2.05) is 40.0 Å². The molecule has 1 aromatic carbocycles. The Morgan fingerprint density at radius 1 is 1.25 bits per heavy atom. The molecule has 0 radical (unpaired) electrons. The average molecular weight is 336 g/mol. The number of amides is 1. The van der Waals surface area contributed by atoms with Crippen molar-refractivity contribution in [2.45, 2.75) is 70.7 Å². The topological polar surface area (TPSA) is 41.6 Å². The molecule has 0 spiro atoms. The third-order valence-electron chi connectivity index (χ3n) is 4.46. The maximum Gasteiger partial charge on any atom is 0.410 e. The van der Waals surface area contributed by atoms with E-state index in [0.717, 1.165) is 25.7 Å². The summed E-state index contributed by atoms with van der Waals surface area (Å²) in [6.45, 7) is 6.18. The summed E-state index contributed by atoms with van der Waals surface area (Å²) in [5, 5.41) is 3.43. The van der Waals surface area contributed by atoms with Crippen LogP contribution in [0.5, 0.6) is 0 Å². The van der Waals surface area contributed by atoms with Crippen LogP contribution in [-0.2, 0) is 11.3 Å². The maximum absolute atomic E-state index is 13.6. The highest BCUT2D eigenvalue weighted by molar-refractivity contribution is 5.68. The molecule has 1 saturated carbocycles. The predicted molar refractivity (Wildman–Crippen MR) is 93.3 cm³/mol. The van der Waals surface area contributed by atoms with Gasteiger partial charge in [-0.2, -0.15) is 0 Å². The van der Waals surface area contributed by atoms with Crippen LogP contribution >= 0.6 is 0 Å². The second-order valence-electron chi connectivity index (χ2n) is 7.57. The van der Waals surface area contributed by atoms with Crippen molar-refractivity contribution in [2.24, 2.45) is 0 Å². The number of nitrogens with zero attached hydrogens (tertiary/aromatic N) is 1. The van der Waals surface area contributed by atoms with Gasteiger partial charge in [0.05, 0.1) is 0 Å². The lowest BCUT2D eigenvalue weighted by Crippen LogP contribution is -2.44. The van der Waals surface area contributed by atoms with Crippen LogP contribution in [0, 0.1) is 5.82 Å². The van der Waals surface area contributed by atoms with Gasteiger partial charge < -0.3 is 15.0 Å². The summed E-state index contributed by atoms with van der Waals surface area (Å²) in [5.41, 5.74) is 0.231. The Morgan fingerprint density at radius 3 is 2.46 bits per heavy atom. The molecule has 4 nitrogen and oxygen atoms in total. The van der Waals surface area contributed by atoms with E-state index in [9.17, 15) is 9.18 Å². The lowest BCUT2D eigenvalue weighted by atomic mass is 9.90. The number of nitrogens with one attached hydrogen (secondary N) is 1. The fourth-order valence-corrected chi connectivity index (χ4v) is 3.05. The monoisotopic (exact) mass is 336 g/mol. The molecule has 1 N–H and O–H groups in total. The normalized spacial score (nSPS) is 21.4. The van der Waals surface area contributed by atoms with E-state index in [2.05, 4.69) is 5.32 Å². The summed E-state index contributed by atoms with van der Waals surface area (Å²) in [6, 6.07) is 7.44. The van der Waals surface area contributed by atoms with E-state index in [4.69, 9.17) is 4.74 Å². The second kappa shape index (κ2) is 7.97. The third-order valence-corrected chi connectivity index (χ3v) is 4.46. The van der Waals surface area contributed by atoms with E-state index in [1.165, 1.54) is 6.07 Å². The smallest absolute Gasteiger partial charge is 0.410 e. The SMILES string of the molecule is CN(C(=O)OC(C)(C)C)C1CCC(NCc2ccccc2F)CC1. The molecule has 0 heterocycles. The highest BCUT2D eigenvalue weighted by atomic mass is 19.1. The maximum atomic E-state index is 13.6. The minimum atomic E-state index is -0.468. The summed E-state index contributed by atoms with van der Waals surface area (Å²) >= 11 is 0. The minimum Gasteiger partial charge on any atom is -0.444 e. The predicted octanol–water partition coefficient (Wildman–Crippen LogP) is 4.09. The number of ether oxygens (including phenoxy) is 1. The standard InChI is InChI=1S/C19H29FN2O2/c1-19(2,3)24-18(23)22(4)16-11-9-15(10-12-16)21-13-14-7-5-6-8-17(14)20/h5-8,15-16,21H,9-13H2,1-4H3. The van der Waals surface area contributed by atoms with Crippen LogP contribution in [-0.4, -0.2) is 35.7 Å². The highest BCUT2D eigenvalue weighted by Gasteiger charge is 2.29. The summed E-state index contributed by atoms with van der Waals surface area (Å²) in [6.07, 6.45) is 3.57. The van der Waals surface area contributed by atoms with Crippen LogP contribution in [0.3, 0.4) is 0 Å². The van der Waals surface area contributed by atoms with Crippen LogP contribution in [0.2, 0.25) is 0 Å². The van der Waals surface area contributed by atoms with E-state index < -0.39 is 5.60 Å². The molecule has 0 bridgehead atoms. The van der Waals surface area contributed by atoms with E-state index in [1.54, 1.807) is 11.0 Å². The van der Waals surface area contributed by atoms with Gasteiger partial charge in [0.1, 0.15) is 11.4 Å². The lowest BCUT2D eigenvalue weighted by Gasteiger charge is -2.35. The molecular formula is C19H29FN2O2. The first-order chi connectivity index (χ1) is 11.3. The Hall–Kier alpha value is -1.62. The van der Waals surface area contributed by atoms with Gasteiger partial charge in [-0.15, -0.1) is 0 Å². The Balaban J connectivity index is 1.77. The zero-order valence-electron chi connectivity index (χ0n) is 15.1. The largest absolute Gasteiger partial charge is 0.444 e. The zero-order chi connectivity index (χ0) is 17.7. The lowest BCUT2D eigenvalue weighted by molar-refractivity contribution is 0.0179. The number of benzene rings is 1. The minimum absolute atomic E-state index is 0.164. The number of carbonyl (C=O) groups is 1. The van der Waals surface area contributed by atoms with Gasteiger partial charge >= 0.3 is 6.09 Å². The van der Waals surface area contributed by atoms with Gasteiger partial charge in [-0.3, -0.25) is 0 Å². The highest BCUT2D eigenvalue weighted by Crippen LogP contribution is 2.24. The molecule has 1 fully saturated rings. The summed E-state index contributed by atoms with van der Waals surface area (Å²) in [7, 11) is 1.81. The van der Waals surface area contributed by atoms with Crippen molar-refractivity contribution < 1.29 is 13.9 Å². The molecule has 0 aliphatic heterocycles. The van der Waals surface area contributed by atoms with Crippen molar-refractivity contribution in [3.05, 3.63) is 35.6 Å². The molecule has 2 rings (SSSR count). The van der Waals surface area contributed by atoms with E-state index in [-0.39, 0.29) is 18.0 Å². The van der Waals surface area contributed by atoms with Crippen LogP contribution in [0.4, 0.5) is 9.18 Å². The quantitative estimate of drug-likeness (QED) is 0.900. The second-order valence-corrected chi connectivity index (χ2v) is 7.57. The molecule has 1 aromatic rings. The van der Waals surface area contributed by atoms with Crippen molar-refractivity contribution in [3.8, 4) is 0 Å². The molecule has 5 heteroatoms. The number of rotatable bonds is 4. The first-order valence-electron chi connectivity index (χ1n) is 8.69. The Kier molecular flexibility index (Phi) is 6.21. The van der Waals surface area contributed by atoms with Gasteiger partial charge in [0.25, 0.3) is 0 Å². The first kappa shape index (κ1) is 18.7. The molecule has 0 saturated heterocycles. The van der Waals surface area contributed by atoms with Crippen LogP contribution in [0.1, 0.15) is 52.0 Å². The van der Waals surface area contributed by atoms with Crippen LogP contribution in [0.25, 0.3) is 0 Å². The average Bonchev–Trinajstić information content (AvgIpc) is 2.52.